The summed E-state index contributed by atoms with van der Waals surface area (Å²) in [6, 6.07) is 11.3. The van der Waals surface area contributed by atoms with Crippen LogP contribution in [0.3, 0.4) is 0 Å². The van der Waals surface area contributed by atoms with Gasteiger partial charge in [-0.15, -0.1) is 0 Å². The standard InChI is InChI=1S/C18H11ClF3NO2S/c19-14-6-2-4-12(8-14)10-23-16(24)15(26-17(23)25)9-11-3-1-5-13(7-11)18(20,21)22/h1-9H,10H2/b15-9-. The molecule has 0 bridgehead atoms. The molecule has 0 aliphatic carbocycles. The van der Waals surface area contributed by atoms with E-state index in [0.717, 1.165) is 17.0 Å². The number of carbonyl (C=O) groups is 2. The molecule has 1 aliphatic rings. The lowest BCUT2D eigenvalue weighted by Gasteiger charge is -2.12. The van der Waals surface area contributed by atoms with E-state index in [1.54, 1.807) is 24.3 Å². The first kappa shape index (κ1) is 18.5. The van der Waals surface area contributed by atoms with Gasteiger partial charge in [0.1, 0.15) is 0 Å². The van der Waals surface area contributed by atoms with Crippen molar-refractivity contribution < 1.29 is 22.8 Å². The first-order valence-corrected chi connectivity index (χ1v) is 8.60. The molecule has 8 heteroatoms. The quantitative estimate of drug-likeness (QED) is 0.633. The Labute approximate surface area is 156 Å². The second-order valence-electron chi connectivity index (χ2n) is 5.52. The molecule has 2 aromatic rings. The monoisotopic (exact) mass is 397 g/mol. The van der Waals surface area contributed by atoms with Crippen molar-refractivity contribution in [2.24, 2.45) is 0 Å². The number of imide groups is 1. The second-order valence-corrected chi connectivity index (χ2v) is 6.95. The lowest BCUT2D eigenvalue weighted by molar-refractivity contribution is -0.137. The molecular formula is C18H11ClF3NO2S. The minimum Gasteiger partial charge on any atom is -0.268 e. The predicted molar refractivity (Wildman–Crippen MR) is 94.4 cm³/mol. The Bertz CT molecular complexity index is 911. The summed E-state index contributed by atoms with van der Waals surface area (Å²) in [5.41, 5.74) is 0.0672. The van der Waals surface area contributed by atoms with Crippen molar-refractivity contribution >= 4 is 40.6 Å². The highest BCUT2D eigenvalue weighted by Gasteiger charge is 2.35. The van der Waals surface area contributed by atoms with Crippen LogP contribution < -0.4 is 0 Å². The van der Waals surface area contributed by atoms with Crippen molar-refractivity contribution in [3.63, 3.8) is 0 Å². The van der Waals surface area contributed by atoms with Crippen LogP contribution in [0, 0.1) is 0 Å². The third-order valence-corrected chi connectivity index (χ3v) is 4.76. The molecule has 0 aromatic heterocycles. The van der Waals surface area contributed by atoms with Crippen LogP contribution in [0.4, 0.5) is 18.0 Å². The fourth-order valence-corrected chi connectivity index (χ4v) is 3.46. The topological polar surface area (TPSA) is 37.4 Å². The lowest BCUT2D eigenvalue weighted by atomic mass is 10.1. The molecule has 0 N–H and O–H groups in total. The molecule has 0 saturated carbocycles. The van der Waals surface area contributed by atoms with E-state index < -0.39 is 22.9 Å². The van der Waals surface area contributed by atoms with Gasteiger partial charge < -0.3 is 0 Å². The van der Waals surface area contributed by atoms with Crippen LogP contribution in [0.2, 0.25) is 5.02 Å². The molecule has 2 amide bonds. The van der Waals surface area contributed by atoms with Crippen molar-refractivity contribution in [3.8, 4) is 0 Å². The van der Waals surface area contributed by atoms with E-state index in [0.29, 0.717) is 22.3 Å². The first-order valence-electron chi connectivity index (χ1n) is 7.41. The van der Waals surface area contributed by atoms with Gasteiger partial charge in [-0.1, -0.05) is 35.9 Å². The average Bonchev–Trinajstić information content (AvgIpc) is 2.82. The molecule has 1 aliphatic heterocycles. The van der Waals surface area contributed by atoms with Crippen molar-refractivity contribution in [2.75, 3.05) is 0 Å². The lowest BCUT2D eigenvalue weighted by Crippen LogP contribution is -2.27. The molecule has 1 fully saturated rings. The molecule has 0 radical (unpaired) electrons. The minimum absolute atomic E-state index is 0.0468. The summed E-state index contributed by atoms with van der Waals surface area (Å²) in [5, 5.41) is 0.00202. The molecule has 134 valence electrons. The Kier molecular flexibility index (Phi) is 5.11. The highest BCUT2D eigenvalue weighted by atomic mass is 35.5. The van der Waals surface area contributed by atoms with Crippen LogP contribution in [0.1, 0.15) is 16.7 Å². The number of thioether (sulfide) groups is 1. The van der Waals surface area contributed by atoms with Crippen LogP contribution in [-0.4, -0.2) is 16.0 Å². The average molecular weight is 398 g/mol. The summed E-state index contributed by atoms with van der Waals surface area (Å²) in [4.78, 5) is 25.7. The molecule has 3 nitrogen and oxygen atoms in total. The molecule has 1 saturated heterocycles. The van der Waals surface area contributed by atoms with Gasteiger partial charge in [0, 0.05) is 5.02 Å². The highest BCUT2D eigenvalue weighted by molar-refractivity contribution is 8.18. The Morgan fingerprint density at radius 1 is 1.08 bits per heavy atom. The van der Waals surface area contributed by atoms with Gasteiger partial charge in [-0.2, -0.15) is 13.2 Å². The van der Waals surface area contributed by atoms with Crippen molar-refractivity contribution in [1.29, 1.82) is 0 Å². The van der Waals surface area contributed by atoms with Gasteiger partial charge in [0.2, 0.25) is 0 Å². The molecule has 0 unspecified atom stereocenters. The van der Waals surface area contributed by atoms with E-state index in [1.807, 2.05) is 0 Å². The molecule has 0 spiro atoms. The fourth-order valence-electron chi connectivity index (χ4n) is 2.41. The van der Waals surface area contributed by atoms with E-state index in [9.17, 15) is 22.8 Å². The number of amides is 2. The summed E-state index contributed by atoms with van der Waals surface area (Å²) in [6.07, 6.45) is -3.19. The number of alkyl halides is 3. The number of rotatable bonds is 3. The summed E-state index contributed by atoms with van der Waals surface area (Å²) in [7, 11) is 0. The molecule has 2 aromatic carbocycles. The maximum absolute atomic E-state index is 12.8. The number of halogens is 4. The summed E-state index contributed by atoms with van der Waals surface area (Å²) < 4.78 is 38.4. The summed E-state index contributed by atoms with van der Waals surface area (Å²) >= 11 is 6.59. The summed E-state index contributed by atoms with van der Waals surface area (Å²) in [6.45, 7) is 0.0468. The SMILES string of the molecule is O=C1S/C(=C\c2cccc(C(F)(F)F)c2)C(=O)N1Cc1cccc(Cl)c1. The number of benzene rings is 2. The number of nitrogens with zero attached hydrogens (tertiary/aromatic N) is 1. The Balaban J connectivity index is 1.83. The van der Waals surface area contributed by atoms with Crippen LogP contribution in [0.15, 0.2) is 53.4 Å². The van der Waals surface area contributed by atoms with Gasteiger partial charge in [-0.25, -0.2) is 0 Å². The molecule has 26 heavy (non-hydrogen) atoms. The van der Waals surface area contributed by atoms with Gasteiger partial charge in [0.15, 0.2) is 0 Å². The van der Waals surface area contributed by atoms with Gasteiger partial charge in [0.05, 0.1) is 17.0 Å². The highest BCUT2D eigenvalue weighted by Crippen LogP contribution is 2.35. The zero-order chi connectivity index (χ0) is 18.9. The van der Waals surface area contributed by atoms with Crippen LogP contribution in [0.25, 0.3) is 6.08 Å². The summed E-state index contributed by atoms with van der Waals surface area (Å²) in [5.74, 6) is -0.544. The van der Waals surface area contributed by atoms with E-state index in [1.165, 1.54) is 18.2 Å². The fraction of sp³-hybridized carbons (Fsp3) is 0.111. The predicted octanol–water partition coefficient (Wildman–Crippen LogP) is 5.60. The second kappa shape index (κ2) is 7.17. The van der Waals surface area contributed by atoms with E-state index >= 15 is 0 Å². The molecule has 3 rings (SSSR count). The normalized spacial score (nSPS) is 16.6. The maximum atomic E-state index is 12.8. The zero-order valence-corrected chi connectivity index (χ0v) is 14.7. The van der Waals surface area contributed by atoms with Gasteiger partial charge in [-0.3, -0.25) is 14.5 Å². The van der Waals surface area contributed by atoms with Crippen molar-refractivity contribution in [3.05, 3.63) is 75.1 Å². The molecule has 0 atom stereocenters. The number of carbonyl (C=O) groups excluding carboxylic acids is 2. The van der Waals surface area contributed by atoms with Crippen LogP contribution >= 0.6 is 23.4 Å². The maximum Gasteiger partial charge on any atom is 0.416 e. The Hall–Kier alpha value is -2.25. The van der Waals surface area contributed by atoms with Gasteiger partial charge >= 0.3 is 6.18 Å². The molecular weight excluding hydrogens is 387 g/mol. The van der Waals surface area contributed by atoms with E-state index in [2.05, 4.69) is 0 Å². The van der Waals surface area contributed by atoms with Crippen molar-refractivity contribution in [2.45, 2.75) is 12.7 Å². The van der Waals surface area contributed by atoms with E-state index in [4.69, 9.17) is 11.6 Å². The van der Waals surface area contributed by atoms with Crippen molar-refractivity contribution in [1.82, 2.24) is 4.90 Å². The zero-order valence-electron chi connectivity index (χ0n) is 13.1. The molecule has 1 heterocycles. The smallest absolute Gasteiger partial charge is 0.268 e. The van der Waals surface area contributed by atoms with Gasteiger partial charge in [-0.05, 0) is 53.2 Å². The Morgan fingerprint density at radius 3 is 2.50 bits per heavy atom. The number of hydrogen-bond acceptors (Lipinski definition) is 3. The van der Waals surface area contributed by atoms with Crippen LogP contribution in [-0.2, 0) is 17.5 Å². The van der Waals surface area contributed by atoms with Crippen LogP contribution in [0.5, 0.6) is 0 Å². The third kappa shape index (κ3) is 4.11. The minimum atomic E-state index is -4.48. The van der Waals surface area contributed by atoms with Gasteiger partial charge in [0.25, 0.3) is 11.1 Å². The first-order chi connectivity index (χ1) is 12.2. The Morgan fingerprint density at radius 2 is 1.81 bits per heavy atom. The third-order valence-electron chi connectivity index (χ3n) is 3.62. The number of hydrogen-bond donors (Lipinski definition) is 0. The van der Waals surface area contributed by atoms with E-state index in [-0.39, 0.29) is 17.0 Å². The largest absolute Gasteiger partial charge is 0.416 e.